The molecule has 0 bridgehead atoms. The monoisotopic (exact) mass is 286 g/mol. The number of hydrogen-bond donors (Lipinski definition) is 0. The van der Waals surface area contributed by atoms with E-state index in [1.807, 2.05) is 12.1 Å². The molecule has 0 spiro atoms. The van der Waals surface area contributed by atoms with E-state index in [1.54, 1.807) is 0 Å². The zero-order valence-corrected chi connectivity index (χ0v) is 13.5. The van der Waals surface area contributed by atoms with Gasteiger partial charge in [0.2, 0.25) is 0 Å². The number of Topliss-reactive ketones (excluding diaryl/α,β-unsaturated/α-hetero) is 1. The van der Waals surface area contributed by atoms with Crippen LogP contribution in [-0.4, -0.2) is 30.3 Å². The van der Waals surface area contributed by atoms with Crippen LogP contribution in [0.15, 0.2) is 18.2 Å². The number of nitrogens with zero attached hydrogens (tertiary/aromatic N) is 1. The van der Waals surface area contributed by atoms with Crippen molar-refractivity contribution in [1.82, 2.24) is 4.90 Å². The maximum Gasteiger partial charge on any atom is 0.162 e. The molecule has 1 saturated heterocycles. The van der Waals surface area contributed by atoms with Crippen molar-refractivity contribution in [2.45, 2.75) is 52.4 Å². The topological polar surface area (TPSA) is 20.3 Å². The SMILES string of the molecule is Cc1cc(C)cc(C(=O)CCCCCN2CC[CH]CC2)c1. The first kappa shape index (κ1) is 16.2. The number of likely N-dealkylation sites (tertiary alicyclic amines) is 1. The highest BCUT2D eigenvalue weighted by Gasteiger charge is 2.10. The second kappa shape index (κ2) is 8.33. The Kier molecular flexibility index (Phi) is 6.44. The van der Waals surface area contributed by atoms with E-state index >= 15 is 0 Å². The number of piperidine rings is 1. The fourth-order valence-electron chi connectivity index (χ4n) is 3.11. The third kappa shape index (κ3) is 5.62. The Morgan fingerprint density at radius 3 is 2.33 bits per heavy atom. The van der Waals surface area contributed by atoms with Gasteiger partial charge in [0.15, 0.2) is 5.78 Å². The Hall–Kier alpha value is -1.15. The van der Waals surface area contributed by atoms with E-state index in [-0.39, 0.29) is 0 Å². The molecule has 2 heteroatoms. The third-order valence-electron chi connectivity index (χ3n) is 4.22. The van der Waals surface area contributed by atoms with Crippen molar-refractivity contribution in [3.05, 3.63) is 41.3 Å². The van der Waals surface area contributed by atoms with Gasteiger partial charge in [0.05, 0.1) is 0 Å². The van der Waals surface area contributed by atoms with Gasteiger partial charge in [-0.1, -0.05) is 23.6 Å². The molecule has 1 aromatic carbocycles. The second-order valence-corrected chi connectivity index (χ2v) is 6.32. The summed E-state index contributed by atoms with van der Waals surface area (Å²) in [6.07, 6.45) is 8.97. The lowest BCUT2D eigenvalue weighted by molar-refractivity contribution is 0.0978. The summed E-state index contributed by atoms with van der Waals surface area (Å²) in [6.45, 7) is 7.76. The highest BCUT2D eigenvalue weighted by atomic mass is 16.1. The number of rotatable bonds is 7. The van der Waals surface area contributed by atoms with Crippen molar-refractivity contribution < 1.29 is 4.79 Å². The molecule has 1 aliphatic heterocycles. The molecule has 21 heavy (non-hydrogen) atoms. The van der Waals surface area contributed by atoms with Crippen LogP contribution in [0.5, 0.6) is 0 Å². The Morgan fingerprint density at radius 1 is 1.00 bits per heavy atom. The van der Waals surface area contributed by atoms with Gasteiger partial charge >= 0.3 is 0 Å². The molecule has 115 valence electrons. The summed E-state index contributed by atoms with van der Waals surface area (Å²) in [5.41, 5.74) is 3.25. The van der Waals surface area contributed by atoms with Crippen LogP contribution in [0.25, 0.3) is 0 Å². The summed E-state index contributed by atoms with van der Waals surface area (Å²) in [7, 11) is 0. The van der Waals surface area contributed by atoms with E-state index in [0.717, 1.165) is 18.4 Å². The molecule has 0 aromatic heterocycles. The summed E-state index contributed by atoms with van der Waals surface area (Å²) < 4.78 is 0. The van der Waals surface area contributed by atoms with Crippen molar-refractivity contribution in [3.8, 4) is 0 Å². The van der Waals surface area contributed by atoms with Gasteiger partial charge in [-0.15, -0.1) is 0 Å². The molecule has 2 rings (SSSR count). The lowest BCUT2D eigenvalue weighted by atomic mass is 10.0. The highest BCUT2D eigenvalue weighted by molar-refractivity contribution is 5.96. The van der Waals surface area contributed by atoms with Gasteiger partial charge < -0.3 is 4.90 Å². The van der Waals surface area contributed by atoms with Crippen LogP contribution < -0.4 is 0 Å². The van der Waals surface area contributed by atoms with Gasteiger partial charge in [0.1, 0.15) is 0 Å². The lowest BCUT2D eigenvalue weighted by Crippen LogP contribution is -2.30. The molecule has 0 aliphatic carbocycles. The van der Waals surface area contributed by atoms with Crippen molar-refractivity contribution >= 4 is 5.78 Å². The maximum absolute atomic E-state index is 12.2. The molecule has 0 unspecified atom stereocenters. The van der Waals surface area contributed by atoms with Crippen LogP contribution in [-0.2, 0) is 0 Å². The van der Waals surface area contributed by atoms with Gasteiger partial charge in [0.25, 0.3) is 0 Å². The van der Waals surface area contributed by atoms with Crippen LogP contribution >= 0.6 is 0 Å². The zero-order valence-electron chi connectivity index (χ0n) is 13.5. The average molecular weight is 286 g/mol. The summed E-state index contributed by atoms with van der Waals surface area (Å²) in [6, 6.07) is 6.14. The molecule has 1 radical (unpaired) electrons. The van der Waals surface area contributed by atoms with Gasteiger partial charge in [-0.3, -0.25) is 4.79 Å². The maximum atomic E-state index is 12.2. The van der Waals surface area contributed by atoms with Crippen molar-refractivity contribution in [1.29, 1.82) is 0 Å². The van der Waals surface area contributed by atoms with Crippen LogP contribution in [0, 0.1) is 20.3 Å². The van der Waals surface area contributed by atoms with E-state index in [2.05, 4.69) is 31.2 Å². The van der Waals surface area contributed by atoms with Gasteiger partial charge in [-0.2, -0.15) is 0 Å². The van der Waals surface area contributed by atoms with E-state index in [1.165, 1.54) is 50.0 Å². The number of carbonyl (C=O) groups excluding carboxylic acids is 1. The Balaban J connectivity index is 1.64. The molecule has 1 fully saturated rings. The minimum atomic E-state index is 0.300. The lowest BCUT2D eigenvalue weighted by Gasteiger charge is -2.26. The smallest absolute Gasteiger partial charge is 0.162 e. The molecule has 0 N–H and O–H groups in total. The fraction of sp³-hybridized carbons (Fsp3) is 0.579. The second-order valence-electron chi connectivity index (χ2n) is 6.32. The predicted octanol–water partition coefficient (Wildman–Crippen LogP) is 4.35. The van der Waals surface area contributed by atoms with Crippen LogP contribution in [0.1, 0.15) is 60.0 Å². The Morgan fingerprint density at radius 2 is 1.67 bits per heavy atom. The van der Waals surface area contributed by atoms with Crippen molar-refractivity contribution in [3.63, 3.8) is 0 Å². The Bertz CT molecular complexity index is 440. The van der Waals surface area contributed by atoms with Gasteiger partial charge in [-0.05, 0) is 77.7 Å². The van der Waals surface area contributed by atoms with E-state index in [0.29, 0.717) is 12.2 Å². The standard InChI is InChI=1S/C19H28NO/c1-16-13-17(2)15-18(14-16)19(21)9-5-3-6-10-20-11-7-4-8-12-20/h4,13-15H,3,5-12H2,1-2H3. The first-order valence-corrected chi connectivity index (χ1v) is 8.30. The number of carbonyl (C=O) groups is 1. The largest absolute Gasteiger partial charge is 0.303 e. The number of ketones is 1. The molecule has 1 aromatic rings. The first-order valence-electron chi connectivity index (χ1n) is 8.30. The van der Waals surface area contributed by atoms with Crippen molar-refractivity contribution in [2.24, 2.45) is 0 Å². The van der Waals surface area contributed by atoms with E-state index < -0.39 is 0 Å². The summed E-state index contributed by atoms with van der Waals surface area (Å²) in [5, 5.41) is 0. The number of unbranched alkanes of at least 4 members (excludes halogenated alkanes) is 2. The molecule has 0 saturated carbocycles. The minimum absolute atomic E-state index is 0.300. The highest BCUT2D eigenvalue weighted by Crippen LogP contribution is 2.14. The van der Waals surface area contributed by atoms with E-state index in [4.69, 9.17) is 0 Å². The molecular formula is C19H28NO. The minimum Gasteiger partial charge on any atom is -0.303 e. The molecule has 0 atom stereocenters. The van der Waals surface area contributed by atoms with Crippen LogP contribution in [0.3, 0.4) is 0 Å². The van der Waals surface area contributed by atoms with Crippen LogP contribution in [0.2, 0.25) is 0 Å². The third-order valence-corrected chi connectivity index (χ3v) is 4.22. The number of aryl methyl sites for hydroxylation is 2. The number of benzene rings is 1. The fourth-order valence-corrected chi connectivity index (χ4v) is 3.11. The summed E-state index contributed by atoms with van der Waals surface area (Å²) in [5.74, 6) is 0.300. The molecule has 0 amide bonds. The normalized spacial score (nSPS) is 16.1. The zero-order chi connectivity index (χ0) is 15.1. The quantitative estimate of drug-likeness (QED) is 0.549. The summed E-state index contributed by atoms with van der Waals surface area (Å²) in [4.78, 5) is 14.7. The van der Waals surface area contributed by atoms with E-state index in [9.17, 15) is 4.79 Å². The average Bonchev–Trinajstić information content (AvgIpc) is 2.47. The molecular weight excluding hydrogens is 258 g/mol. The van der Waals surface area contributed by atoms with Gasteiger partial charge in [0, 0.05) is 12.0 Å². The molecule has 2 nitrogen and oxygen atoms in total. The number of hydrogen-bond acceptors (Lipinski definition) is 2. The first-order chi connectivity index (χ1) is 10.1. The summed E-state index contributed by atoms with van der Waals surface area (Å²) >= 11 is 0. The van der Waals surface area contributed by atoms with Crippen molar-refractivity contribution in [2.75, 3.05) is 19.6 Å². The Labute approximate surface area is 129 Å². The molecule has 1 aliphatic rings. The predicted molar refractivity (Wildman–Crippen MR) is 88.7 cm³/mol. The van der Waals surface area contributed by atoms with Gasteiger partial charge in [-0.25, -0.2) is 0 Å². The van der Waals surface area contributed by atoms with Crippen LogP contribution in [0.4, 0.5) is 0 Å². The molecule has 1 heterocycles.